The summed E-state index contributed by atoms with van der Waals surface area (Å²) < 4.78 is 44.4. The molecule has 0 aliphatic heterocycles. The summed E-state index contributed by atoms with van der Waals surface area (Å²) in [5.41, 5.74) is -1.57. The van der Waals surface area contributed by atoms with E-state index >= 15 is 0 Å². The summed E-state index contributed by atoms with van der Waals surface area (Å²) in [5.74, 6) is 0.371. The Balaban J connectivity index is 2.37. The Morgan fingerprint density at radius 1 is 1.19 bits per heavy atom. The molecular weight excluding hydrogens is 283 g/mol. The molecule has 1 aromatic heterocycles. The third-order valence-electron chi connectivity index (χ3n) is 3.14. The highest BCUT2D eigenvalue weighted by atomic mass is 19.4. The van der Waals surface area contributed by atoms with Crippen LogP contribution in [0.5, 0.6) is 5.75 Å². The highest BCUT2D eigenvalue weighted by Crippen LogP contribution is 2.34. The van der Waals surface area contributed by atoms with Crippen molar-refractivity contribution in [2.24, 2.45) is 0 Å². The molecule has 0 bridgehead atoms. The smallest absolute Gasteiger partial charge is 0.417 e. The molecule has 0 aliphatic carbocycles. The zero-order chi connectivity index (χ0) is 15.5. The number of unbranched alkanes of at least 4 members (excludes halogenated alkanes) is 2. The molecule has 0 radical (unpaired) electrons. The van der Waals surface area contributed by atoms with E-state index in [1.54, 1.807) is 6.07 Å². The molecule has 0 saturated heterocycles. The molecule has 0 fully saturated rings. The van der Waals surface area contributed by atoms with Gasteiger partial charge < -0.3 is 9.72 Å². The lowest BCUT2D eigenvalue weighted by Gasteiger charge is -2.12. The van der Waals surface area contributed by atoms with E-state index in [-0.39, 0.29) is 10.9 Å². The number of rotatable bonds is 5. The summed E-state index contributed by atoms with van der Waals surface area (Å²) in [4.78, 5) is 13.7. The summed E-state index contributed by atoms with van der Waals surface area (Å²) >= 11 is 0. The second-order valence-corrected chi connectivity index (χ2v) is 4.81. The molecule has 0 amide bonds. The van der Waals surface area contributed by atoms with Crippen LogP contribution in [0.1, 0.15) is 31.7 Å². The molecule has 2 rings (SSSR count). The van der Waals surface area contributed by atoms with Crippen molar-refractivity contribution in [3.63, 3.8) is 0 Å². The van der Waals surface area contributed by atoms with Gasteiger partial charge in [-0.25, -0.2) is 0 Å². The van der Waals surface area contributed by atoms with Crippen LogP contribution >= 0.6 is 0 Å². The Labute approximate surface area is 119 Å². The van der Waals surface area contributed by atoms with Gasteiger partial charge >= 0.3 is 6.18 Å². The van der Waals surface area contributed by atoms with Gasteiger partial charge in [-0.05, 0) is 24.6 Å². The minimum Gasteiger partial charge on any atom is -0.494 e. The fourth-order valence-electron chi connectivity index (χ4n) is 2.10. The fourth-order valence-corrected chi connectivity index (χ4v) is 2.10. The Bertz CT molecular complexity index is 677. The van der Waals surface area contributed by atoms with E-state index in [4.69, 9.17) is 4.74 Å². The Morgan fingerprint density at radius 3 is 2.62 bits per heavy atom. The number of pyridine rings is 1. The molecule has 1 N–H and O–H groups in total. The average molecular weight is 299 g/mol. The van der Waals surface area contributed by atoms with Gasteiger partial charge in [-0.2, -0.15) is 13.2 Å². The van der Waals surface area contributed by atoms with E-state index in [1.807, 2.05) is 0 Å². The number of ether oxygens (including phenoxy) is 1. The monoisotopic (exact) mass is 299 g/mol. The van der Waals surface area contributed by atoms with E-state index in [0.717, 1.165) is 19.3 Å². The number of hydrogen-bond acceptors (Lipinski definition) is 2. The summed E-state index contributed by atoms with van der Waals surface area (Å²) in [7, 11) is 0. The number of H-pyrrole nitrogens is 1. The number of hydrogen-bond donors (Lipinski definition) is 1. The first-order valence-electron chi connectivity index (χ1n) is 6.79. The molecule has 6 heteroatoms. The van der Waals surface area contributed by atoms with Crippen molar-refractivity contribution < 1.29 is 17.9 Å². The molecule has 0 aliphatic rings. The van der Waals surface area contributed by atoms with Crippen molar-refractivity contribution in [2.45, 2.75) is 32.4 Å². The number of fused-ring (bicyclic) bond motifs is 1. The molecule has 0 saturated carbocycles. The third kappa shape index (κ3) is 3.77. The summed E-state index contributed by atoms with van der Waals surface area (Å²) in [5, 5.41) is -0.0601. The summed E-state index contributed by atoms with van der Waals surface area (Å²) in [6.45, 7) is 2.52. The minimum absolute atomic E-state index is 0.0601. The lowest BCUT2D eigenvalue weighted by molar-refractivity contribution is -0.136. The maximum atomic E-state index is 13.0. The predicted molar refractivity (Wildman–Crippen MR) is 74.6 cm³/mol. The number of alkyl halides is 3. The highest BCUT2D eigenvalue weighted by molar-refractivity contribution is 5.83. The molecule has 114 valence electrons. The maximum absolute atomic E-state index is 13.0. The molecule has 21 heavy (non-hydrogen) atoms. The standard InChI is InChI=1S/C15H16F3NO2/c1-2-3-4-7-21-10-5-6-13-11(8-10)12(15(16,17)18)9-14(20)19-13/h5-6,8-9H,2-4,7H2,1H3,(H,19,20). The van der Waals surface area contributed by atoms with Crippen molar-refractivity contribution in [1.29, 1.82) is 0 Å². The lowest BCUT2D eigenvalue weighted by Crippen LogP contribution is -2.14. The summed E-state index contributed by atoms with van der Waals surface area (Å²) in [6.07, 6.45) is -1.67. The van der Waals surface area contributed by atoms with Crippen molar-refractivity contribution >= 4 is 10.9 Å². The molecule has 1 aromatic carbocycles. The van der Waals surface area contributed by atoms with Gasteiger partial charge in [-0.3, -0.25) is 4.79 Å². The van der Waals surface area contributed by atoms with Gasteiger partial charge in [0.2, 0.25) is 5.56 Å². The van der Waals surface area contributed by atoms with Crippen LogP contribution in [0.2, 0.25) is 0 Å². The number of aromatic nitrogens is 1. The molecule has 0 spiro atoms. The van der Waals surface area contributed by atoms with Crippen LogP contribution in [0.4, 0.5) is 13.2 Å². The van der Waals surface area contributed by atoms with Crippen molar-refractivity contribution in [2.75, 3.05) is 6.61 Å². The van der Waals surface area contributed by atoms with Crippen molar-refractivity contribution in [1.82, 2.24) is 4.98 Å². The minimum atomic E-state index is -4.58. The Hall–Kier alpha value is -1.98. The largest absolute Gasteiger partial charge is 0.494 e. The van der Waals surface area contributed by atoms with E-state index in [0.29, 0.717) is 18.4 Å². The summed E-state index contributed by atoms with van der Waals surface area (Å²) in [6, 6.07) is 4.88. The zero-order valence-corrected chi connectivity index (χ0v) is 11.6. The van der Waals surface area contributed by atoms with E-state index in [9.17, 15) is 18.0 Å². The van der Waals surface area contributed by atoms with Crippen LogP contribution in [0, 0.1) is 0 Å². The quantitative estimate of drug-likeness (QED) is 0.844. The van der Waals surface area contributed by atoms with Crippen LogP contribution in [-0.4, -0.2) is 11.6 Å². The van der Waals surface area contributed by atoms with Gasteiger partial charge in [0.15, 0.2) is 0 Å². The Morgan fingerprint density at radius 2 is 1.95 bits per heavy atom. The van der Waals surface area contributed by atoms with Gasteiger partial charge in [0.05, 0.1) is 12.2 Å². The first-order valence-corrected chi connectivity index (χ1v) is 6.79. The lowest BCUT2D eigenvalue weighted by atomic mass is 10.1. The fraction of sp³-hybridized carbons (Fsp3) is 0.400. The zero-order valence-electron chi connectivity index (χ0n) is 11.6. The molecule has 3 nitrogen and oxygen atoms in total. The van der Waals surface area contributed by atoms with Gasteiger partial charge in [0.1, 0.15) is 5.75 Å². The molecular formula is C15H16F3NO2. The first kappa shape index (κ1) is 15.4. The van der Waals surface area contributed by atoms with Gasteiger partial charge in [-0.1, -0.05) is 19.8 Å². The van der Waals surface area contributed by atoms with Crippen LogP contribution in [0.25, 0.3) is 10.9 Å². The molecule has 2 aromatic rings. The van der Waals surface area contributed by atoms with Crippen LogP contribution in [0.3, 0.4) is 0 Å². The van der Waals surface area contributed by atoms with E-state index < -0.39 is 17.3 Å². The van der Waals surface area contributed by atoms with E-state index in [1.165, 1.54) is 12.1 Å². The predicted octanol–water partition coefficient (Wildman–Crippen LogP) is 4.12. The van der Waals surface area contributed by atoms with E-state index in [2.05, 4.69) is 11.9 Å². The van der Waals surface area contributed by atoms with Gasteiger partial charge in [-0.15, -0.1) is 0 Å². The van der Waals surface area contributed by atoms with Crippen LogP contribution in [0.15, 0.2) is 29.1 Å². The normalized spacial score (nSPS) is 11.8. The van der Waals surface area contributed by atoms with Crippen LogP contribution < -0.4 is 10.3 Å². The van der Waals surface area contributed by atoms with Crippen molar-refractivity contribution in [3.8, 4) is 5.75 Å². The van der Waals surface area contributed by atoms with Crippen LogP contribution in [-0.2, 0) is 6.18 Å². The molecule has 0 unspecified atom stereocenters. The second-order valence-electron chi connectivity index (χ2n) is 4.81. The SMILES string of the molecule is CCCCCOc1ccc2[nH]c(=O)cc(C(F)(F)F)c2c1. The Kier molecular flexibility index (Phi) is 4.55. The maximum Gasteiger partial charge on any atom is 0.417 e. The number of aromatic amines is 1. The number of halogens is 3. The second kappa shape index (κ2) is 6.20. The molecule has 0 atom stereocenters. The number of benzene rings is 1. The van der Waals surface area contributed by atoms with Gasteiger partial charge in [0.25, 0.3) is 0 Å². The highest BCUT2D eigenvalue weighted by Gasteiger charge is 2.33. The first-order chi connectivity index (χ1) is 9.91. The average Bonchev–Trinajstić information content (AvgIpc) is 2.42. The topological polar surface area (TPSA) is 42.1 Å². The third-order valence-corrected chi connectivity index (χ3v) is 3.14. The van der Waals surface area contributed by atoms with Crippen molar-refractivity contribution in [3.05, 3.63) is 40.2 Å². The molecule has 1 heterocycles. The number of nitrogens with one attached hydrogen (secondary N) is 1. The van der Waals surface area contributed by atoms with Gasteiger partial charge in [0, 0.05) is 17.0 Å².